The van der Waals surface area contributed by atoms with E-state index >= 15 is 0 Å². The molecule has 17 heavy (non-hydrogen) atoms. The Morgan fingerprint density at radius 2 is 2.06 bits per heavy atom. The molecule has 0 spiro atoms. The van der Waals surface area contributed by atoms with E-state index in [1.807, 2.05) is 0 Å². The lowest BCUT2D eigenvalue weighted by atomic mass is 10.1. The van der Waals surface area contributed by atoms with Gasteiger partial charge < -0.3 is 10.5 Å². The molecule has 0 radical (unpaired) electrons. The Hall–Kier alpha value is -2.11. The van der Waals surface area contributed by atoms with Crippen molar-refractivity contribution in [3.63, 3.8) is 0 Å². The van der Waals surface area contributed by atoms with Gasteiger partial charge in [-0.25, -0.2) is 8.78 Å². The molecule has 1 aromatic heterocycles. The Morgan fingerprint density at radius 3 is 2.59 bits per heavy atom. The fraction of sp³-hybridized carbons (Fsp3) is 0.182. The van der Waals surface area contributed by atoms with Crippen molar-refractivity contribution in [2.24, 2.45) is 7.05 Å². The lowest BCUT2D eigenvalue weighted by Crippen LogP contribution is -1.97. The molecule has 2 N–H and O–H groups in total. The van der Waals surface area contributed by atoms with Gasteiger partial charge in [-0.05, 0) is 12.1 Å². The molecule has 0 aliphatic heterocycles. The summed E-state index contributed by atoms with van der Waals surface area (Å²) < 4.78 is 33.2. The van der Waals surface area contributed by atoms with E-state index in [1.165, 1.54) is 23.9 Å². The highest BCUT2D eigenvalue weighted by Gasteiger charge is 2.17. The summed E-state index contributed by atoms with van der Waals surface area (Å²) in [4.78, 5) is 0. The number of ether oxygens (including phenoxy) is 1. The minimum atomic E-state index is -0.786. The van der Waals surface area contributed by atoms with Crippen LogP contribution in [0.1, 0.15) is 0 Å². The van der Waals surface area contributed by atoms with Crippen molar-refractivity contribution in [3.05, 3.63) is 29.8 Å². The second-order valence-corrected chi connectivity index (χ2v) is 3.52. The van der Waals surface area contributed by atoms with Crippen molar-refractivity contribution in [2.45, 2.75) is 0 Å². The standard InChI is InChI=1S/C11H11F2N3O/c1-16-9(14)5-8(15-16)6-3-4-7(12)11(17-2)10(6)13/h3-5H,14H2,1-2H3. The van der Waals surface area contributed by atoms with Crippen molar-refractivity contribution in [1.29, 1.82) is 0 Å². The highest BCUT2D eigenvalue weighted by molar-refractivity contribution is 5.65. The van der Waals surface area contributed by atoms with Gasteiger partial charge in [0.15, 0.2) is 17.4 Å². The first-order valence-corrected chi connectivity index (χ1v) is 4.86. The summed E-state index contributed by atoms with van der Waals surface area (Å²) in [5.41, 5.74) is 6.08. The Labute approximate surface area is 96.6 Å². The maximum atomic E-state index is 13.9. The van der Waals surface area contributed by atoms with E-state index in [9.17, 15) is 8.78 Å². The van der Waals surface area contributed by atoms with Gasteiger partial charge in [0.1, 0.15) is 5.82 Å². The smallest absolute Gasteiger partial charge is 0.191 e. The zero-order chi connectivity index (χ0) is 12.6. The van der Waals surface area contributed by atoms with E-state index < -0.39 is 17.4 Å². The number of hydrogen-bond acceptors (Lipinski definition) is 3. The summed E-state index contributed by atoms with van der Waals surface area (Å²) in [5.74, 6) is -1.57. The molecule has 2 rings (SSSR count). The van der Waals surface area contributed by atoms with Crippen molar-refractivity contribution in [1.82, 2.24) is 9.78 Å². The molecule has 2 aromatic rings. The number of halogens is 2. The summed E-state index contributed by atoms with van der Waals surface area (Å²) in [7, 11) is 2.84. The summed E-state index contributed by atoms with van der Waals surface area (Å²) in [5, 5.41) is 4.02. The molecule has 0 fully saturated rings. The normalized spacial score (nSPS) is 10.6. The molecule has 0 amide bonds. The molecule has 0 aliphatic rings. The van der Waals surface area contributed by atoms with Crippen LogP contribution in [0.3, 0.4) is 0 Å². The van der Waals surface area contributed by atoms with Crippen LogP contribution >= 0.6 is 0 Å². The van der Waals surface area contributed by atoms with Crippen molar-refractivity contribution in [2.75, 3.05) is 12.8 Å². The minimum absolute atomic E-state index is 0.149. The van der Waals surface area contributed by atoms with Gasteiger partial charge in [0.05, 0.1) is 12.8 Å². The summed E-state index contributed by atoms with van der Waals surface area (Å²) in [6.07, 6.45) is 0. The minimum Gasteiger partial charge on any atom is -0.491 e. The average Bonchev–Trinajstić information content (AvgIpc) is 2.59. The molecule has 1 aromatic carbocycles. The van der Waals surface area contributed by atoms with E-state index in [4.69, 9.17) is 5.73 Å². The van der Waals surface area contributed by atoms with E-state index in [-0.39, 0.29) is 5.56 Å². The Kier molecular flexibility index (Phi) is 2.71. The van der Waals surface area contributed by atoms with Gasteiger partial charge in [-0.15, -0.1) is 0 Å². The Balaban J connectivity index is 2.60. The zero-order valence-electron chi connectivity index (χ0n) is 9.37. The first-order valence-electron chi connectivity index (χ1n) is 4.86. The molecule has 0 saturated heterocycles. The third-order valence-corrected chi connectivity index (χ3v) is 2.45. The lowest BCUT2D eigenvalue weighted by Gasteiger charge is -2.06. The summed E-state index contributed by atoms with van der Waals surface area (Å²) in [6.45, 7) is 0. The SMILES string of the molecule is COc1c(F)ccc(-c2cc(N)n(C)n2)c1F. The van der Waals surface area contributed by atoms with Crippen LogP contribution in [0.4, 0.5) is 14.6 Å². The van der Waals surface area contributed by atoms with Crippen LogP contribution in [0.15, 0.2) is 18.2 Å². The van der Waals surface area contributed by atoms with Gasteiger partial charge in [-0.1, -0.05) is 0 Å². The largest absolute Gasteiger partial charge is 0.491 e. The molecule has 1 heterocycles. The van der Waals surface area contributed by atoms with Crippen LogP contribution in [0, 0.1) is 11.6 Å². The molecular formula is C11H11F2N3O. The predicted octanol–water partition coefficient (Wildman–Crippen LogP) is 1.96. The van der Waals surface area contributed by atoms with Crippen molar-refractivity contribution >= 4 is 5.82 Å². The van der Waals surface area contributed by atoms with E-state index in [2.05, 4.69) is 9.84 Å². The maximum Gasteiger partial charge on any atom is 0.191 e. The topological polar surface area (TPSA) is 53.1 Å². The Morgan fingerprint density at radius 1 is 1.35 bits per heavy atom. The van der Waals surface area contributed by atoms with Gasteiger partial charge in [-0.3, -0.25) is 4.68 Å². The second kappa shape index (κ2) is 4.04. The summed E-state index contributed by atoms with van der Waals surface area (Å²) in [6, 6.07) is 3.94. The average molecular weight is 239 g/mol. The predicted molar refractivity (Wildman–Crippen MR) is 59.5 cm³/mol. The second-order valence-electron chi connectivity index (χ2n) is 3.52. The fourth-order valence-corrected chi connectivity index (χ4v) is 1.53. The third-order valence-electron chi connectivity index (χ3n) is 2.45. The Bertz CT molecular complexity index is 547. The number of benzene rings is 1. The molecule has 0 aliphatic carbocycles. The van der Waals surface area contributed by atoms with Gasteiger partial charge >= 0.3 is 0 Å². The third kappa shape index (κ3) is 1.82. The summed E-state index contributed by atoms with van der Waals surface area (Å²) >= 11 is 0. The van der Waals surface area contributed by atoms with Gasteiger partial charge in [0, 0.05) is 18.7 Å². The number of nitrogen functional groups attached to an aromatic ring is 1. The first kappa shape index (κ1) is 11.4. The molecular weight excluding hydrogens is 228 g/mol. The lowest BCUT2D eigenvalue weighted by molar-refractivity contribution is 0.360. The molecule has 6 heteroatoms. The van der Waals surface area contributed by atoms with E-state index in [0.29, 0.717) is 11.5 Å². The van der Waals surface area contributed by atoms with Gasteiger partial charge in [0.2, 0.25) is 0 Å². The maximum absolute atomic E-state index is 13.9. The number of nitrogens with two attached hydrogens (primary N) is 1. The van der Waals surface area contributed by atoms with E-state index in [0.717, 1.165) is 6.07 Å². The quantitative estimate of drug-likeness (QED) is 0.871. The highest BCUT2D eigenvalue weighted by Crippen LogP contribution is 2.31. The first-order chi connectivity index (χ1) is 8.04. The number of aryl methyl sites for hydroxylation is 1. The van der Waals surface area contributed by atoms with Crippen LogP contribution in [0.25, 0.3) is 11.3 Å². The molecule has 90 valence electrons. The fourth-order valence-electron chi connectivity index (χ4n) is 1.53. The molecule has 0 saturated carbocycles. The van der Waals surface area contributed by atoms with Crippen LogP contribution < -0.4 is 10.5 Å². The van der Waals surface area contributed by atoms with Crippen LogP contribution in [0.5, 0.6) is 5.75 Å². The van der Waals surface area contributed by atoms with Crippen LogP contribution in [0.2, 0.25) is 0 Å². The number of nitrogens with zero attached hydrogens (tertiary/aromatic N) is 2. The highest BCUT2D eigenvalue weighted by atomic mass is 19.1. The molecule has 0 unspecified atom stereocenters. The monoisotopic (exact) mass is 239 g/mol. The molecule has 0 atom stereocenters. The molecule has 0 bridgehead atoms. The number of methoxy groups -OCH3 is 1. The number of anilines is 1. The van der Waals surface area contributed by atoms with Gasteiger partial charge in [-0.2, -0.15) is 5.10 Å². The van der Waals surface area contributed by atoms with Crippen LogP contribution in [-0.4, -0.2) is 16.9 Å². The van der Waals surface area contributed by atoms with Gasteiger partial charge in [0.25, 0.3) is 0 Å². The van der Waals surface area contributed by atoms with E-state index in [1.54, 1.807) is 7.05 Å². The van der Waals surface area contributed by atoms with Crippen LogP contribution in [-0.2, 0) is 7.05 Å². The number of rotatable bonds is 2. The molecule has 4 nitrogen and oxygen atoms in total. The van der Waals surface area contributed by atoms with Crippen molar-refractivity contribution in [3.8, 4) is 17.0 Å². The number of hydrogen-bond donors (Lipinski definition) is 1. The van der Waals surface area contributed by atoms with Crippen molar-refractivity contribution < 1.29 is 13.5 Å². The number of aromatic nitrogens is 2. The zero-order valence-corrected chi connectivity index (χ0v) is 9.37.